The molecule has 25 heavy (non-hydrogen) atoms. The summed E-state index contributed by atoms with van der Waals surface area (Å²) >= 11 is 5.68. The van der Waals surface area contributed by atoms with Crippen molar-refractivity contribution in [2.45, 2.75) is 24.7 Å². The Labute approximate surface area is 151 Å². The monoisotopic (exact) mass is 378 g/mol. The fraction of sp³-hybridized carbons (Fsp3) is 0.294. The van der Waals surface area contributed by atoms with E-state index >= 15 is 0 Å². The average Bonchev–Trinajstić information content (AvgIpc) is 2.87. The number of rotatable bonds is 6. The van der Waals surface area contributed by atoms with E-state index < -0.39 is 10.0 Å². The summed E-state index contributed by atoms with van der Waals surface area (Å²) in [6, 6.07) is 8.58. The number of aryl methyl sites for hydroxylation is 3. The molecule has 2 aromatic heterocycles. The molecule has 6 nitrogen and oxygen atoms in total. The standard InChI is InChI=1S/C17H19ClN4O2S/c1-12-16-10-14(11-19-17(16)22(2)20-12)21-25(23,24)15-7-5-13(6-8-15)4-3-9-18/h5-8,10-11,21H,3-4,9H2,1-2H3. The lowest BCUT2D eigenvalue weighted by Gasteiger charge is -2.09. The maximum absolute atomic E-state index is 12.6. The van der Waals surface area contributed by atoms with Gasteiger partial charge in [-0.2, -0.15) is 5.10 Å². The Balaban J connectivity index is 1.84. The molecular weight excluding hydrogens is 360 g/mol. The molecule has 0 unspecified atom stereocenters. The van der Waals surface area contributed by atoms with Gasteiger partial charge in [-0.25, -0.2) is 13.4 Å². The second kappa shape index (κ2) is 7.01. The summed E-state index contributed by atoms with van der Waals surface area (Å²) < 4.78 is 29.4. The second-order valence-electron chi connectivity index (χ2n) is 5.85. The molecule has 0 amide bonds. The molecule has 1 aromatic carbocycles. The normalized spacial score (nSPS) is 11.8. The first-order valence-electron chi connectivity index (χ1n) is 7.88. The maximum Gasteiger partial charge on any atom is 0.261 e. The van der Waals surface area contributed by atoms with Gasteiger partial charge in [0, 0.05) is 18.3 Å². The Hall–Kier alpha value is -2.12. The molecule has 8 heteroatoms. The Morgan fingerprint density at radius 2 is 1.96 bits per heavy atom. The zero-order valence-corrected chi connectivity index (χ0v) is 15.6. The smallest absolute Gasteiger partial charge is 0.261 e. The van der Waals surface area contributed by atoms with Gasteiger partial charge in [-0.1, -0.05) is 12.1 Å². The third-order valence-corrected chi connectivity index (χ3v) is 5.61. The fourth-order valence-electron chi connectivity index (χ4n) is 2.68. The predicted molar refractivity (Wildman–Crippen MR) is 99.5 cm³/mol. The van der Waals surface area contributed by atoms with E-state index in [9.17, 15) is 8.42 Å². The van der Waals surface area contributed by atoms with Crippen LogP contribution in [0.1, 0.15) is 17.7 Å². The van der Waals surface area contributed by atoms with Crippen LogP contribution < -0.4 is 4.72 Å². The highest BCUT2D eigenvalue weighted by atomic mass is 35.5. The molecule has 3 aromatic rings. The summed E-state index contributed by atoms with van der Waals surface area (Å²) in [5, 5.41) is 5.11. The van der Waals surface area contributed by atoms with Gasteiger partial charge in [0.2, 0.25) is 0 Å². The summed E-state index contributed by atoms with van der Waals surface area (Å²) in [4.78, 5) is 4.50. The molecule has 0 radical (unpaired) electrons. The van der Waals surface area contributed by atoms with Gasteiger partial charge in [-0.3, -0.25) is 9.40 Å². The number of anilines is 1. The Morgan fingerprint density at radius 1 is 1.24 bits per heavy atom. The van der Waals surface area contributed by atoms with Crippen molar-refractivity contribution in [2.75, 3.05) is 10.6 Å². The average molecular weight is 379 g/mol. The van der Waals surface area contributed by atoms with E-state index in [2.05, 4.69) is 14.8 Å². The van der Waals surface area contributed by atoms with E-state index in [0.717, 1.165) is 29.5 Å². The third-order valence-electron chi connectivity index (χ3n) is 3.95. The summed E-state index contributed by atoms with van der Waals surface area (Å²) in [6.07, 6.45) is 3.19. The first kappa shape index (κ1) is 17.7. The van der Waals surface area contributed by atoms with Gasteiger partial charge >= 0.3 is 0 Å². The molecule has 0 atom stereocenters. The first-order valence-corrected chi connectivity index (χ1v) is 9.89. The zero-order chi connectivity index (χ0) is 18.0. The van der Waals surface area contributed by atoms with Crippen LogP contribution in [0.15, 0.2) is 41.4 Å². The molecule has 0 aliphatic rings. The number of nitrogens with zero attached hydrogens (tertiary/aromatic N) is 3. The SMILES string of the molecule is Cc1nn(C)c2ncc(NS(=O)(=O)c3ccc(CCCCl)cc3)cc12. The number of halogens is 1. The summed E-state index contributed by atoms with van der Waals surface area (Å²) in [6.45, 7) is 1.86. The molecule has 0 saturated carbocycles. The number of aromatic nitrogens is 3. The Bertz CT molecular complexity index is 997. The number of nitrogens with one attached hydrogen (secondary N) is 1. The van der Waals surface area contributed by atoms with Crippen LogP contribution >= 0.6 is 11.6 Å². The highest BCUT2D eigenvalue weighted by Gasteiger charge is 2.15. The van der Waals surface area contributed by atoms with Crippen LogP contribution in [0.4, 0.5) is 5.69 Å². The van der Waals surface area contributed by atoms with Gasteiger partial charge in [0.15, 0.2) is 5.65 Å². The van der Waals surface area contributed by atoms with Crippen molar-refractivity contribution in [2.24, 2.45) is 7.05 Å². The van der Waals surface area contributed by atoms with Crippen LogP contribution in [-0.2, 0) is 23.5 Å². The number of hydrogen-bond acceptors (Lipinski definition) is 4. The minimum absolute atomic E-state index is 0.213. The molecule has 0 spiro atoms. The molecular formula is C17H19ClN4O2S. The van der Waals surface area contributed by atoms with Crippen LogP contribution in [0.5, 0.6) is 0 Å². The highest BCUT2D eigenvalue weighted by molar-refractivity contribution is 7.92. The number of hydrogen-bond donors (Lipinski definition) is 1. The Morgan fingerprint density at radius 3 is 2.64 bits per heavy atom. The number of pyridine rings is 1. The van der Waals surface area contributed by atoms with E-state index in [4.69, 9.17) is 11.6 Å². The molecule has 0 saturated heterocycles. The lowest BCUT2D eigenvalue weighted by atomic mass is 10.1. The lowest BCUT2D eigenvalue weighted by molar-refractivity contribution is 0.601. The van der Waals surface area contributed by atoms with Crippen LogP contribution in [0, 0.1) is 6.92 Å². The largest absolute Gasteiger partial charge is 0.278 e. The molecule has 2 heterocycles. The lowest BCUT2D eigenvalue weighted by Crippen LogP contribution is -2.13. The van der Waals surface area contributed by atoms with Crippen molar-refractivity contribution in [1.82, 2.24) is 14.8 Å². The van der Waals surface area contributed by atoms with E-state index in [1.54, 1.807) is 29.9 Å². The van der Waals surface area contributed by atoms with Crippen molar-refractivity contribution < 1.29 is 8.42 Å². The summed E-state index contributed by atoms with van der Waals surface area (Å²) in [7, 11) is -1.87. The van der Waals surface area contributed by atoms with Gasteiger partial charge in [-0.05, 0) is 43.5 Å². The van der Waals surface area contributed by atoms with Gasteiger partial charge in [0.25, 0.3) is 10.0 Å². The number of sulfonamides is 1. The molecule has 3 rings (SSSR count). The number of benzene rings is 1. The van der Waals surface area contributed by atoms with Crippen LogP contribution in [0.25, 0.3) is 11.0 Å². The molecule has 132 valence electrons. The van der Waals surface area contributed by atoms with E-state index in [1.807, 2.05) is 19.1 Å². The minimum atomic E-state index is -3.67. The van der Waals surface area contributed by atoms with Crippen LogP contribution in [-0.4, -0.2) is 29.1 Å². The van der Waals surface area contributed by atoms with Crippen molar-refractivity contribution in [3.8, 4) is 0 Å². The van der Waals surface area contributed by atoms with E-state index in [0.29, 0.717) is 17.2 Å². The van der Waals surface area contributed by atoms with Crippen molar-refractivity contribution in [3.05, 3.63) is 47.8 Å². The molecule has 0 aliphatic carbocycles. The van der Waals surface area contributed by atoms with Gasteiger partial charge in [-0.15, -0.1) is 11.6 Å². The summed E-state index contributed by atoms with van der Waals surface area (Å²) in [5.41, 5.74) is 2.99. The van der Waals surface area contributed by atoms with Gasteiger partial charge < -0.3 is 0 Å². The molecule has 0 bridgehead atoms. The quantitative estimate of drug-likeness (QED) is 0.668. The van der Waals surface area contributed by atoms with Gasteiger partial charge in [0.1, 0.15) is 0 Å². The van der Waals surface area contributed by atoms with Crippen molar-refractivity contribution in [3.63, 3.8) is 0 Å². The number of fused-ring (bicyclic) bond motifs is 1. The molecule has 0 aliphatic heterocycles. The Kier molecular flexibility index (Phi) is 4.96. The minimum Gasteiger partial charge on any atom is -0.278 e. The first-order chi connectivity index (χ1) is 11.9. The number of alkyl halides is 1. The second-order valence-corrected chi connectivity index (χ2v) is 7.91. The third kappa shape index (κ3) is 3.77. The van der Waals surface area contributed by atoms with Crippen molar-refractivity contribution >= 4 is 38.3 Å². The topological polar surface area (TPSA) is 76.9 Å². The van der Waals surface area contributed by atoms with E-state index in [1.165, 1.54) is 6.20 Å². The summed E-state index contributed by atoms with van der Waals surface area (Å²) in [5.74, 6) is 0.588. The van der Waals surface area contributed by atoms with E-state index in [-0.39, 0.29) is 4.90 Å². The predicted octanol–water partition coefficient (Wildman–Crippen LogP) is 3.25. The van der Waals surface area contributed by atoms with Crippen LogP contribution in [0.3, 0.4) is 0 Å². The van der Waals surface area contributed by atoms with Gasteiger partial charge in [0.05, 0.1) is 22.5 Å². The highest BCUT2D eigenvalue weighted by Crippen LogP contribution is 2.22. The molecule has 0 fully saturated rings. The maximum atomic E-state index is 12.6. The van der Waals surface area contributed by atoms with Crippen LogP contribution in [0.2, 0.25) is 0 Å². The fourth-order valence-corrected chi connectivity index (χ4v) is 3.85. The van der Waals surface area contributed by atoms with Crippen molar-refractivity contribution in [1.29, 1.82) is 0 Å². The zero-order valence-electron chi connectivity index (χ0n) is 14.0. The molecule has 1 N–H and O–H groups in total.